The number of nitrogens with zero attached hydrogens (tertiary/aromatic N) is 1. The van der Waals surface area contributed by atoms with Crippen LogP contribution in [-0.2, 0) is 10.5 Å². The van der Waals surface area contributed by atoms with E-state index >= 15 is 0 Å². The van der Waals surface area contributed by atoms with E-state index in [9.17, 15) is 19.7 Å². The molecule has 2 aromatic rings. The largest absolute Gasteiger partial charge is 0.483 e. The molecule has 0 unspecified atom stereocenters. The van der Waals surface area contributed by atoms with Crippen molar-refractivity contribution >= 4 is 41.0 Å². The molecule has 1 heterocycles. The molecule has 0 spiro atoms. The van der Waals surface area contributed by atoms with Gasteiger partial charge >= 0.3 is 0 Å². The van der Waals surface area contributed by atoms with E-state index in [0.717, 1.165) is 17.6 Å². The summed E-state index contributed by atoms with van der Waals surface area (Å²) in [4.78, 5) is 34.1. The van der Waals surface area contributed by atoms with Crippen LogP contribution in [0.25, 0.3) is 0 Å². The van der Waals surface area contributed by atoms with E-state index in [1.54, 1.807) is 23.1 Å². The van der Waals surface area contributed by atoms with Crippen molar-refractivity contribution in [3.8, 4) is 5.75 Å². The van der Waals surface area contributed by atoms with Gasteiger partial charge in [0, 0.05) is 35.1 Å². The third kappa shape index (κ3) is 6.20. The highest BCUT2D eigenvalue weighted by atomic mass is 32.2. The number of nitro benzene ring substituents is 1. The Morgan fingerprint density at radius 3 is 2.92 bits per heavy atom. The average molecular weight is 380 g/mol. The van der Waals surface area contributed by atoms with Crippen molar-refractivity contribution in [3.63, 3.8) is 0 Å². The molecule has 9 heteroatoms. The quantitative estimate of drug-likeness (QED) is 0.294. The summed E-state index contributed by atoms with van der Waals surface area (Å²) in [6, 6.07) is 7.72. The average Bonchev–Trinajstić information content (AvgIpc) is 3.12. The van der Waals surface area contributed by atoms with Gasteiger partial charge in [-0.3, -0.25) is 19.7 Å². The number of ether oxygens (including phenoxy) is 1. The second-order valence-electron chi connectivity index (χ2n) is 4.87. The standard InChI is InChI=1S/C16H16N2O5S2/c19-9-12-8-13(18(21)22)3-4-15(12)23-10-16(20)17-5-7-24-11-14-2-1-6-25-14/h1-4,6,8-9H,5,7,10-11H2,(H,17,20). The van der Waals surface area contributed by atoms with Gasteiger partial charge in [-0.05, 0) is 17.5 Å². The van der Waals surface area contributed by atoms with Crippen molar-refractivity contribution in [3.05, 3.63) is 56.3 Å². The minimum absolute atomic E-state index is 0.0357. The van der Waals surface area contributed by atoms with Crippen LogP contribution >= 0.6 is 23.1 Å². The van der Waals surface area contributed by atoms with Gasteiger partial charge in [0.05, 0.1) is 10.5 Å². The maximum atomic E-state index is 11.7. The van der Waals surface area contributed by atoms with Gasteiger partial charge in [0.15, 0.2) is 12.9 Å². The number of hydrogen-bond donors (Lipinski definition) is 1. The molecular formula is C16H16N2O5S2. The monoisotopic (exact) mass is 380 g/mol. The molecule has 1 N–H and O–H groups in total. The van der Waals surface area contributed by atoms with Crippen LogP contribution in [0.5, 0.6) is 5.75 Å². The Kier molecular flexibility index (Phi) is 7.42. The summed E-state index contributed by atoms with van der Waals surface area (Å²) in [5, 5.41) is 15.4. The van der Waals surface area contributed by atoms with Crippen LogP contribution in [0, 0.1) is 10.1 Å². The van der Waals surface area contributed by atoms with E-state index in [1.165, 1.54) is 17.0 Å². The predicted octanol–water partition coefficient (Wildman–Crippen LogP) is 2.90. The van der Waals surface area contributed by atoms with Crippen LogP contribution in [0.15, 0.2) is 35.7 Å². The SMILES string of the molecule is O=Cc1cc([N+](=O)[O-])ccc1OCC(=O)NCCSCc1cccs1. The molecule has 0 aliphatic rings. The number of nitro groups is 1. The van der Waals surface area contributed by atoms with Crippen molar-refractivity contribution in [2.45, 2.75) is 5.75 Å². The number of hydrogen-bond acceptors (Lipinski definition) is 7. The number of carbonyl (C=O) groups is 2. The minimum atomic E-state index is -0.600. The minimum Gasteiger partial charge on any atom is -0.483 e. The van der Waals surface area contributed by atoms with Crippen LogP contribution in [-0.4, -0.2) is 36.0 Å². The van der Waals surface area contributed by atoms with Crippen molar-refractivity contribution in [2.24, 2.45) is 0 Å². The lowest BCUT2D eigenvalue weighted by Gasteiger charge is -2.09. The van der Waals surface area contributed by atoms with Gasteiger partial charge in [-0.15, -0.1) is 11.3 Å². The highest BCUT2D eigenvalue weighted by Crippen LogP contribution is 2.22. The van der Waals surface area contributed by atoms with E-state index < -0.39 is 4.92 Å². The summed E-state index contributed by atoms with van der Waals surface area (Å²) in [7, 11) is 0. The molecule has 0 radical (unpaired) electrons. The van der Waals surface area contributed by atoms with Gasteiger partial charge in [-0.25, -0.2) is 0 Å². The molecule has 0 aliphatic carbocycles. The third-order valence-corrected chi connectivity index (χ3v) is 5.15. The number of rotatable bonds is 10. The fourth-order valence-electron chi connectivity index (χ4n) is 1.90. The molecule has 25 heavy (non-hydrogen) atoms. The maximum Gasteiger partial charge on any atom is 0.270 e. The third-order valence-electron chi connectivity index (χ3n) is 3.08. The summed E-state index contributed by atoms with van der Waals surface area (Å²) in [6.45, 7) is 0.257. The molecule has 0 bridgehead atoms. The zero-order chi connectivity index (χ0) is 18.1. The topological polar surface area (TPSA) is 98.5 Å². The second kappa shape index (κ2) is 9.80. The fraction of sp³-hybridized carbons (Fsp3) is 0.250. The van der Waals surface area contributed by atoms with E-state index in [2.05, 4.69) is 11.4 Å². The Hall–Kier alpha value is -2.39. The number of aldehydes is 1. The predicted molar refractivity (Wildman–Crippen MR) is 97.5 cm³/mol. The molecule has 7 nitrogen and oxygen atoms in total. The lowest BCUT2D eigenvalue weighted by Crippen LogP contribution is -2.30. The molecule has 1 amide bonds. The summed E-state index contributed by atoms with van der Waals surface area (Å²) >= 11 is 3.42. The Labute approximate surface area is 152 Å². The lowest BCUT2D eigenvalue weighted by atomic mass is 10.2. The van der Waals surface area contributed by atoms with E-state index in [-0.39, 0.29) is 29.5 Å². The Morgan fingerprint density at radius 2 is 2.24 bits per heavy atom. The maximum absolute atomic E-state index is 11.7. The van der Waals surface area contributed by atoms with Crippen LogP contribution in [0.1, 0.15) is 15.2 Å². The molecule has 0 saturated carbocycles. The summed E-state index contributed by atoms with van der Waals surface area (Å²) in [5.74, 6) is 1.52. The first-order chi connectivity index (χ1) is 12.1. The fourth-order valence-corrected chi connectivity index (χ4v) is 3.60. The zero-order valence-corrected chi connectivity index (χ0v) is 14.8. The first kappa shape index (κ1) is 18.9. The molecule has 1 aromatic heterocycles. The molecule has 0 aliphatic heterocycles. The van der Waals surface area contributed by atoms with Gasteiger partial charge < -0.3 is 10.1 Å². The molecule has 0 saturated heterocycles. The molecular weight excluding hydrogens is 364 g/mol. The zero-order valence-electron chi connectivity index (χ0n) is 13.2. The molecule has 1 aromatic carbocycles. The highest BCUT2D eigenvalue weighted by Gasteiger charge is 2.12. The van der Waals surface area contributed by atoms with Crippen LogP contribution in [0.4, 0.5) is 5.69 Å². The van der Waals surface area contributed by atoms with Crippen LogP contribution in [0.3, 0.4) is 0 Å². The summed E-state index contributed by atoms with van der Waals surface area (Å²) in [6.07, 6.45) is 0.460. The summed E-state index contributed by atoms with van der Waals surface area (Å²) in [5.41, 5.74) is -0.171. The molecule has 132 valence electrons. The van der Waals surface area contributed by atoms with Gasteiger partial charge in [0.2, 0.25) is 0 Å². The first-order valence-corrected chi connectivity index (χ1v) is 9.37. The number of carbonyl (C=O) groups excluding carboxylic acids is 2. The number of thiophene rings is 1. The normalized spacial score (nSPS) is 10.2. The van der Waals surface area contributed by atoms with Crippen LogP contribution < -0.4 is 10.1 Å². The summed E-state index contributed by atoms with van der Waals surface area (Å²) < 4.78 is 5.27. The van der Waals surface area contributed by atoms with E-state index in [4.69, 9.17) is 4.74 Å². The van der Waals surface area contributed by atoms with Crippen molar-refractivity contribution in [1.29, 1.82) is 0 Å². The number of amides is 1. The Morgan fingerprint density at radius 1 is 1.40 bits per heavy atom. The van der Waals surface area contributed by atoms with Crippen LogP contribution in [0.2, 0.25) is 0 Å². The van der Waals surface area contributed by atoms with Gasteiger partial charge in [0.1, 0.15) is 5.75 Å². The van der Waals surface area contributed by atoms with Gasteiger partial charge in [-0.1, -0.05) is 6.07 Å². The number of non-ortho nitro benzene ring substituents is 1. The Balaban J connectivity index is 1.70. The second-order valence-corrected chi connectivity index (χ2v) is 7.01. The highest BCUT2D eigenvalue weighted by molar-refractivity contribution is 7.98. The van der Waals surface area contributed by atoms with Crippen molar-refractivity contribution < 1.29 is 19.2 Å². The number of nitrogens with one attached hydrogen (secondary N) is 1. The van der Waals surface area contributed by atoms with Gasteiger partial charge in [-0.2, -0.15) is 11.8 Å². The smallest absolute Gasteiger partial charge is 0.270 e. The van der Waals surface area contributed by atoms with Crippen molar-refractivity contribution in [1.82, 2.24) is 5.32 Å². The lowest BCUT2D eigenvalue weighted by molar-refractivity contribution is -0.384. The first-order valence-electron chi connectivity index (χ1n) is 7.33. The van der Waals surface area contributed by atoms with E-state index in [0.29, 0.717) is 12.8 Å². The van der Waals surface area contributed by atoms with E-state index in [1.807, 2.05) is 11.4 Å². The van der Waals surface area contributed by atoms with Gasteiger partial charge in [0.25, 0.3) is 11.6 Å². The van der Waals surface area contributed by atoms with Crippen molar-refractivity contribution in [2.75, 3.05) is 18.9 Å². The number of thioether (sulfide) groups is 1. The molecule has 0 fully saturated rings. The molecule has 2 rings (SSSR count). The molecule has 0 atom stereocenters. The number of benzene rings is 1. The Bertz CT molecular complexity index is 734.